The van der Waals surface area contributed by atoms with E-state index < -0.39 is 11.9 Å². The van der Waals surface area contributed by atoms with E-state index in [-0.39, 0.29) is 0 Å². The quantitative estimate of drug-likeness (QED) is 0.0168. The molecule has 0 atom stereocenters. The minimum atomic E-state index is -0.481. The van der Waals surface area contributed by atoms with E-state index in [2.05, 4.69) is 23.8 Å². The van der Waals surface area contributed by atoms with Crippen molar-refractivity contribution in [2.24, 2.45) is 9.98 Å². The molecule has 0 bridgehead atoms. The summed E-state index contributed by atoms with van der Waals surface area (Å²) in [6.07, 6.45) is 35.4. The summed E-state index contributed by atoms with van der Waals surface area (Å²) >= 11 is 0. The number of benzene rings is 6. The van der Waals surface area contributed by atoms with Crippen LogP contribution in [0.4, 0.5) is 11.4 Å². The highest BCUT2D eigenvalue weighted by atomic mass is 16.5. The van der Waals surface area contributed by atoms with E-state index in [1.165, 1.54) is 141 Å². The van der Waals surface area contributed by atoms with Gasteiger partial charge in [0.1, 0.15) is 23.0 Å². The van der Waals surface area contributed by atoms with Crippen LogP contribution in [0.2, 0.25) is 0 Å². The van der Waals surface area contributed by atoms with E-state index in [0.29, 0.717) is 22.6 Å². The molecule has 8 heteroatoms. The van der Waals surface area contributed by atoms with Crippen LogP contribution in [-0.2, 0) is 0 Å². The smallest absolute Gasteiger partial charge is 0.343 e. The van der Waals surface area contributed by atoms with Gasteiger partial charge >= 0.3 is 11.9 Å². The largest absolute Gasteiger partial charge is 0.494 e. The van der Waals surface area contributed by atoms with Crippen LogP contribution in [0.15, 0.2) is 143 Å². The maximum atomic E-state index is 13.2. The third-order valence-corrected chi connectivity index (χ3v) is 13.4. The first-order chi connectivity index (χ1) is 36.4. The van der Waals surface area contributed by atoms with Crippen LogP contribution in [-0.4, -0.2) is 37.6 Å². The number of rotatable bonds is 36. The van der Waals surface area contributed by atoms with Crippen LogP contribution in [0.1, 0.15) is 200 Å². The number of esters is 2. The topological polar surface area (TPSA) is 95.8 Å². The Bertz CT molecular complexity index is 2390. The summed E-state index contributed by atoms with van der Waals surface area (Å²) in [6.45, 7) is 6.01. The van der Waals surface area contributed by atoms with Gasteiger partial charge in [-0.15, -0.1) is 0 Å². The number of ether oxygens (including phenoxy) is 4. The summed E-state index contributed by atoms with van der Waals surface area (Å²) in [7, 11) is 0. The van der Waals surface area contributed by atoms with Crippen molar-refractivity contribution < 1.29 is 28.5 Å². The molecule has 0 fully saturated rings. The zero-order valence-electron chi connectivity index (χ0n) is 44.6. The first kappa shape index (κ1) is 56.8. The van der Waals surface area contributed by atoms with E-state index in [4.69, 9.17) is 18.9 Å². The SMILES string of the molecule is CCCCCCCCCCCCCCOc1ccc(N=Cc2ccc(C(=O)Oc3ccc4ccc(OC(=O)c5ccc(C=Nc6ccc(OCCCCCCCCCCCCCC)cc6)cc5)cc4c3)cc2)cc1. The van der Waals surface area contributed by atoms with E-state index in [1.807, 2.05) is 84.9 Å². The molecule has 8 nitrogen and oxygen atoms in total. The average Bonchev–Trinajstić information content (AvgIpc) is 3.43. The molecule has 0 aromatic heterocycles. The normalized spacial score (nSPS) is 11.4. The van der Waals surface area contributed by atoms with E-state index >= 15 is 0 Å². The number of hydrogen-bond donors (Lipinski definition) is 0. The fraction of sp³-hybridized carbons (Fsp3) is 0.424. The van der Waals surface area contributed by atoms with Crippen molar-refractivity contribution in [3.63, 3.8) is 0 Å². The van der Waals surface area contributed by atoms with E-state index in [9.17, 15) is 9.59 Å². The molecule has 0 unspecified atom stereocenters. The number of carbonyl (C=O) groups excluding carboxylic acids is 2. The Labute approximate surface area is 443 Å². The van der Waals surface area contributed by atoms with Crippen LogP contribution >= 0.6 is 0 Å². The molecule has 0 saturated carbocycles. The molecule has 0 spiro atoms. The van der Waals surface area contributed by atoms with Crippen molar-refractivity contribution in [1.29, 1.82) is 0 Å². The molecular weight excluding hydrogens is 917 g/mol. The zero-order chi connectivity index (χ0) is 51.7. The van der Waals surface area contributed by atoms with Crippen LogP contribution in [0.25, 0.3) is 10.8 Å². The third kappa shape index (κ3) is 21.9. The van der Waals surface area contributed by atoms with Crippen LogP contribution in [0, 0.1) is 0 Å². The van der Waals surface area contributed by atoms with Gasteiger partial charge in [-0.1, -0.05) is 192 Å². The van der Waals surface area contributed by atoms with Crippen molar-refractivity contribution in [2.75, 3.05) is 13.2 Å². The molecule has 0 heterocycles. The summed E-state index contributed by atoms with van der Waals surface area (Å²) in [5.74, 6) is 1.51. The van der Waals surface area contributed by atoms with Gasteiger partial charge in [0.15, 0.2) is 0 Å². The highest BCUT2D eigenvalue weighted by molar-refractivity contribution is 5.95. The summed E-state index contributed by atoms with van der Waals surface area (Å²) in [6, 6.07) is 40.6. The second-order valence-corrected chi connectivity index (χ2v) is 19.7. The predicted octanol–water partition coefficient (Wildman–Crippen LogP) is 18.9. The van der Waals surface area contributed by atoms with Gasteiger partial charge < -0.3 is 18.9 Å². The lowest BCUT2D eigenvalue weighted by Crippen LogP contribution is -2.09. The molecule has 0 amide bonds. The van der Waals surface area contributed by atoms with Crippen LogP contribution in [0.5, 0.6) is 23.0 Å². The Morgan fingerprint density at radius 2 is 0.662 bits per heavy atom. The molecule has 0 N–H and O–H groups in total. The minimum Gasteiger partial charge on any atom is -0.494 e. The van der Waals surface area contributed by atoms with Crippen molar-refractivity contribution in [1.82, 2.24) is 0 Å². The van der Waals surface area contributed by atoms with E-state index in [1.54, 1.807) is 61.0 Å². The highest BCUT2D eigenvalue weighted by Crippen LogP contribution is 2.27. The Hall–Kier alpha value is -6.54. The summed E-state index contributed by atoms with van der Waals surface area (Å²) in [5.41, 5.74) is 4.18. The molecule has 74 heavy (non-hydrogen) atoms. The minimum absolute atomic E-state index is 0.379. The molecule has 6 aromatic rings. The standard InChI is InChI=1S/C66H82N2O6/c1-3-5-7-9-11-13-15-17-19-21-23-25-47-71-61-43-37-59(38-44-61)67-51-53-27-31-56(32-28-53)65(69)73-63-41-35-55-36-42-64(50-58(55)49-63)74-66(70)57-33-29-54(30-34-57)52-68-60-39-45-62(46-40-60)72-48-26-24-22-20-18-16-14-12-10-8-6-4-2/h27-46,49-52H,3-26,47-48H2,1-2H3. The van der Waals surface area contributed by atoms with E-state index in [0.717, 1.165) is 70.8 Å². The van der Waals surface area contributed by atoms with Gasteiger partial charge in [-0.25, -0.2) is 9.59 Å². The van der Waals surface area contributed by atoms with Crippen molar-refractivity contribution in [3.05, 3.63) is 156 Å². The van der Waals surface area contributed by atoms with Gasteiger partial charge in [0, 0.05) is 12.4 Å². The van der Waals surface area contributed by atoms with Gasteiger partial charge in [0.2, 0.25) is 0 Å². The van der Waals surface area contributed by atoms with Gasteiger partial charge in [0.05, 0.1) is 35.7 Å². The van der Waals surface area contributed by atoms with Crippen molar-refractivity contribution >= 4 is 46.5 Å². The molecule has 392 valence electrons. The average molecular weight is 999 g/mol. The van der Waals surface area contributed by atoms with Crippen molar-refractivity contribution in [2.45, 2.75) is 168 Å². The van der Waals surface area contributed by atoms with Crippen LogP contribution in [0.3, 0.4) is 0 Å². The van der Waals surface area contributed by atoms with Gasteiger partial charge in [-0.3, -0.25) is 9.98 Å². The molecule has 0 aliphatic carbocycles. The Morgan fingerprint density at radius 3 is 1.00 bits per heavy atom. The second-order valence-electron chi connectivity index (χ2n) is 19.7. The number of hydrogen-bond acceptors (Lipinski definition) is 8. The fourth-order valence-corrected chi connectivity index (χ4v) is 8.89. The first-order valence-corrected chi connectivity index (χ1v) is 28.2. The molecular formula is C66H82N2O6. The molecule has 6 rings (SSSR count). The summed E-state index contributed by atoms with van der Waals surface area (Å²) in [4.78, 5) is 35.5. The number of carbonyl (C=O) groups is 2. The Balaban J connectivity index is 0.862. The molecule has 0 aliphatic heterocycles. The van der Waals surface area contributed by atoms with Gasteiger partial charge in [0.25, 0.3) is 0 Å². The third-order valence-electron chi connectivity index (χ3n) is 13.4. The number of nitrogens with zero attached hydrogens (tertiary/aromatic N) is 2. The molecule has 6 aromatic carbocycles. The lowest BCUT2D eigenvalue weighted by Gasteiger charge is -2.08. The lowest BCUT2D eigenvalue weighted by atomic mass is 10.1. The molecule has 0 radical (unpaired) electrons. The summed E-state index contributed by atoms with van der Waals surface area (Å²) < 4.78 is 23.5. The van der Waals surface area contributed by atoms with Crippen LogP contribution < -0.4 is 18.9 Å². The molecule has 0 saturated heterocycles. The molecule has 0 aliphatic rings. The second kappa shape index (κ2) is 34.0. The lowest BCUT2D eigenvalue weighted by molar-refractivity contribution is 0.0726. The van der Waals surface area contributed by atoms with Gasteiger partial charge in [-0.05, 0) is 132 Å². The maximum absolute atomic E-state index is 13.2. The zero-order valence-corrected chi connectivity index (χ0v) is 44.6. The number of unbranched alkanes of at least 4 members (excludes halogenated alkanes) is 22. The van der Waals surface area contributed by atoms with Gasteiger partial charge in [-0.2, -0.15) is 0 Å². The highest BCUT2D eigenvalue weighted by Gasteiger charge is 2.12. The number of aliphatic imine (C=N–C) groups is 2. The summed E-state index contributed by atoms with van der Waals surface area (Å²) in [5, 5.41) is 1.67. The fourth-order valence-electron chi connectivity index (χ4n) is 8.89. The number of fused-ring (bicyclic) bond motifs is 1. The Morgan fingerprint density at radius 1 is 0.351 bits per heavy atom. The Kier molecular flexibility index (Phi) is 26.1. The monoisotopic (exact) mass is 999 g/mol. The van der Waals surface area contributed by atoms with Crippen molar-refractivity contribution in [3.8, 4) is 23.0 Å². The maximum Gasteiger partial charge on any atom is 0.343 e. The predicted molar refractivity (Wildman–Crippen MR) is 307 cm³/mol. The first-order valence-electron chi connectivity index (χ1n) is 28.2.